The number of imide groups is 1. The fourth-order valence-electron chi connectivity index (χ4n) is 2.88. The van der Waals surface area contributed by atoms with E-state index >= 15 is 0 Å². The van der Waals surface area contributed by atoms with Gasteiger partial charge in [0, 0.05) is 4.47 Å². The molecule has 0 spiro atoms. The van der Waals surface area contributed by atoms with Gasteiger partial charge in [0.25, 0.3) is 0 Å². The molecule has 0 N–H and O–H groups in total. The molecule has 3 nitrogen and oxygen atoms in total. The maximum atomic E-state index is 12.4. The van der Waals surface area contributed by atoms with Crippen molar-refractivity contribution < 1.29 is 9.59 Å². The first-order valence-electron chi connectivity index (χ1n) is 6.37. The number of amides is 2. The van der Waals surface area contributed by atoms with Crippen molar-refractivity contribution in [2.45, 2.75) is 19.8 Å². The predicted octanol–water partition coefficient (Wildman–Crippen LogP) is 3.29. The Kier molecular flexibility index (Phi) is 3.05. The highest BCUT2D eigenvalue weighted by molar-refractivity contribution is 9.10. The predicted molar refractivity (Wildman–Crippen MR) is 76.6 cm³/mol. The van der Waals surface area contributed by atoms with E-state index in [0.717, 1.165) is 4.47 Å². The second kappa shape index (κ2) is 4.60. The monoisotopic (exact) mass is 319 g/mol. The first-order chi connectivity index (χ1) is 9.08. The minimum absolute atomic E-state index is 0.0511. The number of anilines is 1. The lowest BCUT2D eigenvalue weighted by atomic mass is 9.82. The summed E-state index contributed by atoms with van der Waals surface area (Å²) in [6.07, 6.45) is 3.48. The quantitative estimate of drug-likeness (QED) is 0.588. The summed E-state index contributed by atoms with van der Waals surface area (Å²) in [5.74, 6) is -0.438. The summed E-state index contributed by atoms with van der Waals surface area (Å²) in [6.45, 7) is 2.02. The summed E-state index contributed by atoms with van der Waals surface area (Å²) in [5, 5.41) is 0. The van der Waals surface area contributed by atoms with Crippen molar-refractivity contribution >= 4 is 33.4 Å². The van der Waals surface area contributed by atoms with E-state index in [1.54, 1.807) is 12.1 Å². The molecule has 1 saturated heterocycles. The Bertz CT molecular complexity index is 576. The van der Waals surface area contributed by atoms with Gasteiger partial charge in [0.1, 0.15) is 0 Å². The van der Waals surface area contributed by atoms with Crippen molar-refractivity contribution in [2.24, 2.45) is 11.8 Å². The first-order valence-corrected chi connectivity index (χ1v) is 7.16. The zero-order chi connectivity index (χ0) is 13.6. The molecular weight excluding hydrogens is 306 g/mol. The minimum Gasteiger partial charge on any atom is -0.274 e. The van der Waals surface area contributed by atoms with Gasteiger partial charge in [-0.05, 0) is 44.0 Å². The zero-order valence-electron chi connectivity index (χ0n) is 10.6. The molecule has 4 heteroatoms. The SMILES string of the molecule is CC1=CCC2C(=O)N(c3ccc(Br)cc3)C(=O)C2C1. The number of benzene rings is 1. The van der Waals surface area contributed by atoms with Gasteiger partial charge in [0.05, 0.1) is 17.5 Å². The fraction of sp³-hybridized carbons (Fsp3) is 0.333. The van der Waals surface area contributed by atoms with Crippen LogP contribution in [0.15, 0.2) is 40.4 Å². The van der Waals surface area contributed by atoms with Gasteiger partial charge in [0.15, 0.2) is 0 Å². The van der Waals surface area contributed by atoms with Crippen LogP contribution in [-0.4, -0.2) is 11.8 Å². The molecule has 2 atom stereocenters. The zero-order valence-corrected chi connectivity index (χ0v) is 12.2. The maximum Gasteiger partial charge on any atom is 0.238 e. The molecular formula is C15H14BrNO2. The Labute approximate surface area is 120 Å². The highest BCUT2D eigenvalue weighted by Crippen LogP contribution is 2.39. The molecule has 0 radical (unpaired) electrons. The Morgan fingerprint density at radius 2 is 1.74 bits per heavy atom. The molecule has 0 aromatic heterocycles. The molecule has 1 fully saturated rings. The van der Waals surface area contributed by atoms with Crippen LogP contribution in [0.25, 0.3) is 0 Å². The molecule has 0 bridgehead atoms. The summed E-state index contributed by atoms with van der Waals surface area (Å²) < 4.78 is 0.935. The highest BCUT2D eigenvalue weighted by atomic mass is 79.9. The van der Waals surface area contributed by atoms with Gasteiger partial charge in [-0.1, -0.05) is 27.6 Å². The molecule has 19 heavy (non-hydrogen) atoms. The lowest BCUT2D eigenvalue weighted by Gasteiger charge is -2.18. The molecule has 1 aromatic carbocycles. The van der Waals surface area contributed by atoms with Gasteiger partial charge >= 0.3 is 0 Å². The average molecular weight is 320 g/mol. The summed E-state index contributed by atoms with van der Waals surface area (Å²) in [4.78, 5) is 26.2. The number of fused-ring (bicyclic) bond motifs is 1. The van der Waals surface area contributed by atoms with Crippen LogP contribution in [-0.2, 0) is 9.59 Å². The van der Waals surface area contributed by atoms with Crippen LogP contribution in [0, 0.1) is 11.8 Å². The van der Waals surface area contributed by atoms with Crippen LogP contribution in [0.5, 0.6) is 0 Å². The van der Waals surface area contributed by atoms with Crippen molar-refractivity contribution in [3.63, 3.8) is 0 Å². The third-order valence-corrected chi connectivity index (χ3v) is 4.44. The number of halogens is 1. The van der Waals surface area contributed by atoms with Gasteiger partial charge in [-0.2, -0.15) is 0 Å². The molecule has 2 amide bonds. The lowest BCUT2D eigenvalue weighted by molar-refractivity contribution is -0.122. The minimum atomic E-state index is -0.167. The summed E-state index contributed by atoms with van der Waals surface area (Å²) in [7, 11) is 0. The molecule has 1 aliphatic heterocycles. The Hall–Kier alpha value is -1.42. The van der Waals surface area contributed by atoms with Crippen LogP contribution in [0.3, 0.4) is 0 Å². The first kappa shape index (κ1) is 12.6. The number of hydrogen-bond acceptors (Lipinski definition) is 2. The van der Waals surface area contributed by atoms with Gasteiger partial charge in [-0.3, -0.25) is 14.5 Å². The normalized spacial score (nSPS) is 26.4. The second-order valence-electron chi connectivity index (χ2n) is 5.19. The summed E-state index contributed by atoms with van der Waals surface area (Å²) >= 11 is 3.36. The van der Waals surface area contributed by atoms with Gasteiger partial charge in [-0.15, -0.1) is 0 Å². The maximum absolute atomic E-state index is 12.4. The van der Waals surface area contributed by atoms with Crippen LogP contribution in [0.2, 0.25) is 0 Å². The van der Waals surface area contributed by atoms with Crippen molar-refractivity contribution in [3.05, 3.63) is 40.4 Å². The molecule has 2 aliphatic rings. The van der Waals surface area contributed by atoms with Gasteiger partial charge in [-0.25, -0.2) is 0 Å². The number of carbonyl (C=O) groups excluding carboxylic acids is 2. The topological polar surface area (TPSA) is 37.4 Å². The number of rotatable bonds is 1. The average Bonchev–Trinajstić information content (AvgIpc) is 2.63. The van der Waals surface area contributed by atoms with Crippen LogP contribution in [0.1, 0.15) is 19.8 Å². The lowest BCUT2D eigenvalue weighted by Crippen LogP contribution is -2.30. The van der Waals surface area contributed by atoms with E-state index in [1.807, 2.05) is 19.1 Å². The molecule has 98 valence electrons. The van der Waals surface area contributed by atoms with Crippen molar-refractivity contribution in [1.29, 1.82) is 0 Å². The third-order valence-electron chi connectivity index (χ3n) is 3.91. The smallest absolute Gasteiger partial charge is 0.238 e. The largest absolute Gasteiger partial charge is 0.274 e. The van der Waals surface area contributed by atoms with E-state index in [1.165, 1.54) is 10.5 Å². The standard InChI is InChI=1S/C15H14BrNO2/c1-9-2-7-12-13(8-9)15(19)17(14(12)18)11-5-3-10(16)4-6-11/h2-6,12-13H,7-8H2,1H3. The van der Waals surface area contributed by atoms with Crippen LogP contribution in [0.4, 0.5) is 5.69 Å². The van der Waals surface area contributed by atoms with E-state index in [0.29, 0.717) is 18.5 Å². The summed E-state index contributed by atoms with van der Waals surface area (Å²) in [6, 6.07) is 7.30. The molecule has 1 aromatic rings. The second-order valence-corrected chi connectivity index (χ2v) is 6.11. The van der Waals surface area contributed by atoms with E-state index in [9.17, 15) is 9.59 Å². The van der Waals surface area contributed by atoms with E-state index < -0.39 is 0 Å². The molecule has 2 unspecified atom stereocenters. The molecule has 1 aliphatic carbocycles. The van der Waals surface area contributed by atoms with Crippen molar-refractivity contribution in [2.75, 3.05) is 4.90 Å². The van der Waals surface area contributed by atoms with Crippen LogP contribution >= 0.6 is 15.9 Å². The summed E-state index contributed by atoms with van der Waals surface area (Å²) in [5.41, 5.74) is 1.88. The van der Waals surface area contributed by atoms with Gasteiger partial charge < -0.3 is 0 Å². The van der Waals surface area contributed by atoms with E-state index in [-0.39, 0.29) is 23.7 Å². The number of allylic oxidation sites excluding steroid dienone is 2. The van der Waals surface area contributed by atoms with E-state index in [2.05, 4.69) is 22.0 Å². The third kappa shape index (κ3) is 2.04. The molecule has 0 saturated carbocycles. The number of hydrogen-bond donors (Lipinski definition) is 0. The molecule has 3 rings (SSSR count). The Morgan fingerprint density at radius 1 is 1.11 bits per heavy atom. The Morgan fingerprint density at radius 3 is 2.42 bits per heavy atom. The van der Waals surface area contributed by atoms with Crippen molar-refractivity contribution in [1.82, 2.24) is 0 Å². The highest BCUT2D eigenvalue weighted by Gasteiger charge is 2.48. The Balaban J connectivity index is 1.95. The number of nitrogens with zero attached hydrogens (tertiary/aromatic N) is 1. The van der Waals surface area contributed by atoms with Crippen molar-refractivity contribution in [3.8, 4) is 0 Å². The molecule has 1 heterocycles. The number of carbonyl (C=O) groups is 2. The fourth-order valence-corrected chi connectivity index (χ4v) is 3.15. The van der Waals surface area contributed by atoms with E-state index in [4.69, 9.17) is 0 Å². The van der Waals surface area contributed by atoms with Gasteiger partial charge in [0.2, 0.25) is 11.8 Å². The van der Waals surface area contributed by atoms with Crippen LogP contribution < -0.4 is 4.90 Å².